The topological polar surface area (TPSA) is 55.3 Å². The van der Waals surface area contributed by atoms with Crippen LogP contribution >= 0.6 is 0 Å². The Bertz CT molecular complexity index is 1400. The van der Waals surface area contributed by atoms with Gasteiger partial charge < -0.3 is 15.6 Å². The van der Waals surface area contributed by atoms with Gasteiger partial charge in [0.15, 0.2) is 0 Å². The zero-order valence-corrected chi connectivity index (χ0v) is 22.7. The Kier molecular flexibility index (Phi) is 9.99. The van der Waals surface area contributed by atoms with E-state index in [1.807, 2.05) is 71.0 Å². The molecule has 4 aromatic rings. The van der Waals surface area contributed by atoms with Crippen molar-refractivity contribution in [1.29, 1.82) is 0 Å². The lowest BCUT2D eigenvalue weighted by Crippen LogP contribution is -2.09. The summed E-state index contributed by atoms with van der Waals surface area (Å²) in [6, 6.07) is 22.1. The number of aromatic nitrogens is 1. The smallest absolute Gasteiger partial charge is 0.126 e. The van der Waals surface area contributed by atoms with E-state index in [9.17, 15) is 8.78 Å². The molecule has 0 fully saturated rings. The van der Waals surface area contributed by atoms with Gasteiger partial charge in [0.2, 0.25) is 0 Å². The van der Waals surface area contributed by atoms with Gasteiger partial charge in [-0.3, -0.25) is 4.99 Å². The zero-order chi connectivity index (χ0) is 27.7. The number of nitrogens with one attached hydrogen (secondary N) is 1. The van der Waals surface area contributed by atoms with E-state index in [4.69, 9.17) is 5.73 Å². The van der Waals surface area contributed by atoms with Gasteiger partial charge in [-0.15, -0.1) is 0 Å². The molecule has 0 saturated carbocycles. The molecule has 0 spiro atoms. The van der Waals surface area contributed by atoms with Gasteiger partial charge >= 0.3 is 0 Å². The molecule has 0 atom stereocenters. The van der Waals surface area contributed by atoms with E-state index in [-0.39, 0.29) is 6.54 Å². The molecule has 0 aliphatic carbocycles. The molecule has 38 heavy (non-hydrogen) atoms. The summed E-state index contributed by atoms with van der Waals surface area (Å²) >= 11 is 0. The molecule has 3 aromatic carbocycles. The fourth-order valence-electron chi connectivity index (χ4n) is 4.33. The summed E-state index contributed by atoms with van der Waals surface area (Å²) in [5.41, 5.74) is 14.0. The molecule has 0 radical (unpaired) electrons. The van der Waals surface area contributed by atoms with E-state index < -0.39 is 11.6 Å². The van der Waals surface area contributed by atoms with Crippen molar-refractivity contribution < 1.29 is 8.78 Å². The molecule has 0 aliphatic rings. The maximum Gasteiger partial charge on any atom is 0.126 e. The summed E-state index contributed by atoms with van der Waals surface area (Å²) in [5.74, 6) is -1.21. The average Bonchev–Trinajstić information content (AvgIpc) is 3.24. The minimum atomic E-state index is -0.606. The van der Waals surface area contributed by atoms with Crippen LogP contribution in [0.25, 0.3) is 17.0 Å². The quantitative estimate of drug-likeness (QED) is 0.184. The standard InChI is InChI=1S/C30H30F2N4.C2H6/c1-4-28(35-26-7-5-6-21(3)12-26)27-16-29(23-10-8-20(2)9-11-23)36(30(27)17-34-19-33)18-22-13-24(31)15-25(32)14-22;1-2/h4-16,19,35H,17-18H2,1-3H3,(H2,33,34);1-2H3/b28-4+;. The molecular weight excluding hydrogens is 478 g/mol. The lowest BCUT2D eigenvalue weighted by molar-refractivity contribution is 0.577. The first-order valence-corrected chi connectivity index (χ1v) is 12.8. The number of rotatable bonds is 8. The SMILES string of the molecule is C/C=C(/Nc1cccc(C)c1)c1cc(-c2ccc(C)cc2)n(Cc2cc(F)cc(F)c2)c1CN=CN.CC. The number of halogens is 2. The minimum absolute atomic E-state index is 0.273. The Morgan fingerprint density at radius 2 is 1.61 bits per heavy atom. The Balaban J connectivity index is 0.00000195. The molecule has 0 saturated heterocycles. The number of hydrogen-bond acceptors (Lipinski definition) is 2. The van der Waals surface area contributed by atoms with Gasteiger partial charge in [-0.2, -0.15) is 0 Å². The Labute approximate surface area is 224 Å². The fraction of sp³-hybridized carbons (Fsp3) is 0.219. The molecule has 6 heteroatoms. The number of anilines is 1. The van der Waals surface area contributed by atoms with Crippen molar-refractivity contribution >= 4 is 17.7 Å². The van der Waals surface area contributed by atoms with Crippen molar-refractivity contribution in [3.63, 3.8) is 0 Å². The van der Waals surface area contributed by atoms with Crippen LogP contribution < -0.4 is 11.1 Å². The van der Waals surface area contributed by atoms with Gasteiger partial charge in [-0.05, 0) is 67.8 Å². The second-order valence-electron chi connectivity index (χ2n) is 8.81. The first kappa shape index (κ1) is 28.4. The molecule has 1 heterocycles. The van der Waals surface area contributed by atoms with Crippen LogP contribution in [0.3, 0.4) is 0 Å². The normalized spacial score (nSPS) is 11.4. The molecule has 4 nitrogen and oxygen atoms in total. The van der Waals surface area contributed by atoms with Gasteiger partial charge in [-0.25, -0.2) is 8.78 Å². The number of nitrogens with two attached hydrogens (primary N) is 1. The maximum atomic E-state index is 14.1. The third-order valence-corrected chi connectivity index (χ3v) is 6.04. The molecule has 0 unspecified atom stereocenters. The molecule has 0 amide bonds. The number of aryl methyl sites for hydroxylation is 2. The third-order valence-electron chi connectivity index (χ3n) is 6.04. The number of hydrogen-bond donors (Lipinski definition) is 2. The summed E-state index contributed by atoms with van der Waals surface area (Å²) in [6.07, 6.45) is 3.29. The zero-order valence-electron chi connectivity index (χ0n) is 22.7. The van der Waals surface area contributed by atoms with Crippen molar-refractivity contribution in [2.75, 3.05) is 5.32 Å². The van der Waals surface area contributed by atoms with Gasteiger partial charge in [-0.1, -0.05) is 61.9 Å². The summed E-state index contributed by atoms with van der Waals surface area (Å²) in [4.78, 5) is 4.33. The van der Waals surface area contributed by atoms with Crippen molar-refractivity contribution in [2.45, 2.75) is 47.7 Å². The second-order valence-corrected chi connectivity index (χ2v) is 8.81. The number of nitrogens with zero attached hydrogens (tertiary/aromatic N) is 2. The molecule has 0 bridgehead atoms. The molecular formula is C32H36F2N4. The van der Waals surface area contributed by atoms with E-state index in [0.29, 0.717) is 12.1 Å². The summed E-state index contributed by atoms with van der Waals surface area (Å²) in [5, 5.41) is 3.53. The highest BCUT2D eigenvalue weighted by Gasteiger charge is 2.20. The Hall–Kier alpha value is -4.19. The Morgan fingerprint density at radius 3 is 2.21 bits per heavy atom. The van der Waals surface area contributed by atoms with Crippen LogP contribution in [0.2, 0.25) is 0 Å². The molecule has 0 aliphatic heterocycles. The molecule has 3 N–H and O–H groups in total. The minimum Gasteiger partial charge on any atom is -0.390 e. The van der Waals surface area contributed by atoms with E-state index in [1.165, 1.54) is 18.5 Å². The van der Waals surface area contributed by atoms with Crippen LogP contribution in [0.1, 0.15) is 48.7 Å². The maximum absolute atomic E-state index is 14.1. The predicted molar refractivity (Wildman–Crippen MR) is 156 cm³/mol. The fourth-order valence-corrected chi connectivity index (χ4v) is 4.33. The van der Waals surface area contributed by atoms with Crippen LogP contribution in [0.4, 0.5) is 14.5 Å². The number of allylic oxidation sites excluding steroid dienone is 1. The summed E-state index contributed by atoms with van der Waals surface area (Å²) in [6.45, 7) is 10.6. The van der Waals surface area contributed by atoms with E-state index >= 15 is 0 Å². The highest BCUT2D eigenvalue weighted by atomic mass is 19.1. The van der Waals surface area contributed by atoms with Crippen LogP contribution in [-0.4, -0.2) is 10.9 Å². The first-order chi connectivity index (χ1) is 18.4. The average molecular weight is 515 g/mol. The highest BCUT2D eigenvalue weighted by Crippen LogP contribution is 2.33. The van der Waals surface area contributed by atoms with Crippen LogP contribution in [0.5, 0.6) is 0 Å². The number of aliphatic imine (C=N–C) groups is 1. The van der Waals surface area contributed by atoms with Crippen molar-refractivity contribution in [1.82, 2.24) is 4.57 Å². The lowest BCUT2D eigenvalue weighted by atomic mass is 10.1. The molecule has 4 rings (SSSR count). The highest BCUT2D eigenvalue weighted by molar-refractivity contribution is 5.81. The molecule has 1 aromatic heterocycles. The lowest BCUT2D eigenvalue weighted by Gasteiger charge is -2.16. The van der Waals surface area contributed by atoms with E-state index in [1.54, 1.807) is 0 Å². The largest absolute Gasteiger partial charge is 0.390 e. The number of benzene rings is 3. The van der Waals surface area contributed by atoms with Crippen molar-refractivity contribution in [2.24, 2.45) is 10.7 Å². The summed E-state index contributed by atoms with van der Waals surface area (Å²) < 4.78 is 30.2. The predicted octanol–water partition coefficient (Wildman–Crippen LogP) is 8.08. The van der Waals surface area contributed by atoms with Crippen LogP contribution in [0.15, 0.2) is 83.9 Å². The van der Waals surface area contributed by atoms with Crippen molar-refractivity contribution in [3.8, 4) is 11.3 Å². The third kappa shape index (κ3) is 6.97. The second kappa shape index (κ2) is 13.4. The molecule has 198 valence electrons. The van der Waals surface area contributed by atoms with Crippen LogP contribution in [0, 0.1) is 25.5 Å². The van der Waals surface area contributed by atoms with Crippen molar-refractivity contribution in [3.05, 3.63) is 118 Å². The van der Waals surface area contributed by atoms with Gasteiger partial charge in [0.05, 0.1) is 12.9 Å². The van der Waals surface area contributed by atoms with E-state index in [0.717, 1.165) is 51.1 Å². The van der Waals surface area contributed by atoms with Gasteiger partial charge in [0.25, 0.3) is 0 Å². The van der Waals surface area contributed by atoms with E-state index in [2.05, 4.69) is 39.1 Å². The summed E-state index contributed by atoms with van der Waals surface area (Å²) in [7, 11) is 0. The Morgan fingerprint density at radius 1 is 0.921 bits per heavy atom. The van der Waals surface area contributed by atoms with Crippen LogP contribution in [-0.2, 0) is 13.1 Å². The monoisotopic (exact) mass is 514 g/mol. The van der Waals surface area contributed by atoms with Gasteiger partial charge in [0.1, 0.15) is 11.6 Å². The first-order valence-electron chi connectivity index (χ1n) is 12.8. The van der Waals surface area contributed by atoms with Gasteiger partial charge in [0, 0.05) is 40.9 Å².